The molecule has 0 amide bonds. The fourth-order valence-corrected chi connectivity index (χ4v) is 1.33. The van der Waals surface area contributed by atoms with Crippen molar-refractivity contribution in [1.82, 2.24) is 9.78 Å². The van der Waals surface area contributed by atoms with Crippen molar-refractivity contribution in [2.75, 3.05) is 5.73 Å². The second-order valence-corrected chi connectivity index (χ2v) is 3.65. The summed E-state index contributed by atoms with van der Waals surface area (Å²) in [6.45, 7) is 4.11. The van der Waals surface area contributed by atoms with Gasteiger partial charge in [-0.1, -0.05) is 6.92 Å². The van der Waals surface area contributed by atoms with E-state index in [0.717, 1.165) is 5.56 Å². The van der Waals surface area contributed by atoms with Gasteiger partial charge in [0.05, 0.1) is 0 Å². The first-order chi connectivity index (χ1) is 6.49. The Bertz CT molecular complexity index is 277. The molecule has 1 aromatic heterocycles. The number of rotatable bonds is 4. The van der Waals surface area contributed by atoms with Crippen LogP contribution >= 0.6 is 0 Å². The number of nitrogen functional groups attached to an aromatic ring is 1. The molecule has 0 aliphatic heterocycles. The van der Waals surface area contributed by atoms with Crippen LogP contribution in [0.1, 0.15) is 18.9 Å². The van der Waals surface area contributed by atoms with Gasteiger partial charge in [-0.2, -0.15) is 5.10 Å². The molecule has 0 aliphatic carbocycles. The summed E-state index contributed by atoms with van der Waals surface area (Å²) in [6.07, 6.45) is -0.574. The summed E-state index contributed by atoms with van der Waals surface area (Å²) in [4.78, 5) is 0. The maximum Gasteiger partial charge on any atom is 0.239 e. The van der Waals surface area contributed by atoms with Gasteiger partial charge < -0.3 is 5.73 Å². The number of nitrogens with zero attached hydrogens (tertiary/aromatic N) is 2. The summed E-state index contributed by atoms with van der Waals surface area (Å²) in [5.41, 5.74) is 6.42. The van der Waals surface area contributed by atoms with Gasteiger partial charge in [0, 0.05) is 24.7 Å². The van der Waals surface area contributed by atoms with Crippen molar-refractivity contribution in [2.24, 2.45) is 5.92 Å². The molecule has 0 saturated carbocycles. The first kappa shape index (κ1) is 10.9. The summed E-state index contributed by atoms with van der Waals surface area (Å²) < 4.78 is 25.7. The molecule has 0 bridgehead atoms. The molecule has 0 aliphatic rings. The summed E-state index contributed by atoms with van der Waals surface area (Å²) in [6, 6.07) is 0. The van der Waals surface area contributed by atoms with E-state index in [0.29, 0.717) is 12.4 Å². The van der Waals surface area contributed by atoms with Gasteiger partial charge in [-0.25, -0.2) is 8.78 Å². The Morgan fingerprint density at radius 2 is 2.21 bits per heavy atom. The van der Waals surface area contributed by atoms with Crippen LogP contribution in [-0.2, 0) is 6.54 Å². The lowest BCUT2D eigenvalue weighted by atomic mass is 10.1. The van der Waals surface area contributed by atoms with Gasteiger partial charge in [0.2, 0.25) is 6.43 Å². The monoisotopic (exact) mass is 203 g/mol. The molecular formula is C9H15F2N3. The van der Waals surface area contributed by atoms with Gasteiger partial charge in [-0.15, -0.1) is 0 Å². The zero-order valence-corrected chi connectivity index (χ0v) is 8.37. The predicted octanol–water partition coefficient (Wildman–Crippen LogP) is 2.07. The van der Waals surface area contributed by atoms with E-state index in [1.165, 1.54) is 0 Å². The van der Waals surface area contributed by atoms with Gasteiger partial charge in [0.15, 0.2) is 0 Å². The molecule has 1 unspecified atom stereocenters. The van der Waals surface area contributed by atoms with E-state index in [1.807, 2.05) is 6.92 Å². The van der Waals surface area contributed by atoms with Crippen LogP contribution in [0.4, 0.5) is 14.6 Å². The summed E-state index contributed by atoms with van der Waals surface area (Å²) in [7, 11) is 0. The van der Waals surface area contributed by atoms with Crippen LogP contribution in [0.2, 0.25) is 0 Å². The van der Waals surface area contributed by atoms with Crippen LogP contribution in [-0.4, -0.2) is 16.2 Å². The molecule has 5 heteroatoms. The lowest BCUT2D eigenvalue weighted by molar-refractivity contribution is 0.113. The van der Waals surface area contributed by atoms with Crippen molar-refractivity contribution in [3.05, 3.63) is 11.8 Å². The SMILES string of the molecule is Cc1cn(CC(C)CC(F)F)nc1N. The average molecular weight is 203 g/mol. The molecular weight excluding hydrogens is 188 g/mol. The van der Waals surface area contributed by atoms with Crippen molar-refractivity contribution < 1.29 is 8.78 Å². The molecule has 0 aromatic carbocycles. The van der Waals surface area contributed by atoms with Gasteiger partial charge in [0.1, 0.15) is 5.82 Å². The van der Waals surface area contributed by atoms with Crippen molar-refractivity contribution in [1.29, 1.82) is 0 Å². The zero-order chi connectivity index (χ0) is 10.7. The summed E-state index contributed by atoms with van der Waals surface area (Å²) in [5.74, 6) is 0.378. The van der Waals surface area contributed by atoms with Crippen LogP contribution in [0.3, 0.4) is 0 Å². The van der Waals surface area contributed by atoms with Crippen molar-refractivity contribution in [3.8, 4) is 0 Å². The van der Waals surface area contributed by atoms with E-state index >= 15 is 0 Å². The molecule has 14 heavy (non-hydrogen) atoms. The Labute approximate surface area is 81.9 Å². The summed E-state index contributed by atoms with van der Waals surface area (Å²) in [5, 5.41) is 4.01. The quantitative estimate of drug-likeness (QED) is 0.814. The Kier molecular flexibility index (Phi) is 3.43. The highest BCUT2D eigenvalue weighted by Crippen LogP contribution is 2.14. The second kappa shape index (κ2) is 4.39. The van der Waals surface area contributed by atoms with Crippen LogP contribution in [0.15, 0.2) is 6.20 Å². The smallest absolute Gasteiger partial charge is 0.239 e. The molecule has 80 valence electrons. The summed E-state index contributed by atoms with van der Waals surface area (Å²) >= 11 is 0. The number of halogens is 2. The van der Waals surface area contributed by atoms with Crippen LogP contribution in [0.5, 0.6) is 0 Å². The van der Waals surface area contributed by atoms with E-state index in [-0.39, 0.29) is 12.3 Å². The molecule has 1 rings (SSSR count). The number of nitrogens with two attached hydrogens (primary N) is 1. The number of alkyl halides is 2. The van der Waals surface area contributed by atoms with Crippen LogP contribution in [0, 0.1) is 12.8 Å². The van der Waals surface area contributed by atoms with E-state index in [4.69, 9.17) is 5.73 Å². The lowest BCUT2D eigenvalue weighted by Crippen LogP contribution is -2.11. The number of hydrogen-bond donors (Lipinski definition) is 1. The molecule has 0 radical (unpaired) electrons. The minimum Gasteiger partial charge on any atom is -0.382 e. The van der Waals surface area contributed by atoms with Crippen LogP contribution < -0.4 is 5.73 Å². The topological polar surface area (TPSA) is 43.8 Å². The minimum atomic E-state index is -2.25. The molecule has 1 atom stereocenters. The third kappa shape index (κ3) is 2.97. The molecule has 3 nitrogen and oxygen atoms in total. The van der Waals surface area contributed by atoms with Gasteiger partial charge >= 0.3 is 0 Å². The Morgan fingerprint density at radius 1 is 1.57 bits per heavy atom. The molecule has 1 heterocycles. The highest BCUT2D eigenvalue weighted by atomic mass is 19.3. The van der Waals surface area contributed by atoms with E-state index in [9.17, 15) is 8.78 Å². The largest absolute Gasteiger partial charge is 0.382 e. The lowest BCUT2D eigenvalue weighted by Gasteiger charge is -2.10. The zero-order valence-electron chi connectivity index (χ0n) is 8.37. The minimum absolute atomic E-state index is 0.0892. The Balaban J connectivity index is 2.51. The van der Waals surface area contributed by atoms with Crippen molar-refractivity contribution in [2.45, 2.75) is 33.2 Å². The first-order valence-corrected chi connectivity index (χ1v) is 4.56. The van der Waals surface area contributed by atoms with E-state index < -0.39 is 6.43 Å². The Morgan fingerprint density at radius 3 is 2.64 bits per heavy atom. The maximum absolute atomic E-state index is 12.0. The third-order valence-corrected chi connectivity index (χ3v) is 2.06. The molecule has 0 spiro atoms. The van der Waals surface area contributed by atoms with Gasteiger partial charge in [-0.05, 0) is 12.8 Å². The van der Waals surface area contributed by atoms with E-state index in [2.05, 4.69) is 5.10 Å². The molecule has 0 fully saturated rings. The first-order valence-electron chi connectivity index (χ1n) is 4.56. The van der Waals surface area contributed by atoms with Crippen molar-refractivity contribution >= 4 is 5.82 Å². The molecule has 0 saturated heterocycles. The second-order valence-electron chi connectivity index (χ2n) is 3.65. The Hall–Kier alpha value is -1.13. The van der Waals surface area contributed by atoms with Crippen molar-refractivity contribution in [3.63, 3.8) is 0 Å². The highest BCUT2D eigenvalue weighted by Gasteiger charge is 2.11. The molecule has 2 N–H and O–H groups in total. The fourth-order valence-electron chi connectivity index (χ4n) is 1.33. The maximum atomic E-state index is 12.0. The number of anilines is 1. The average Bonchev–Trinajstić information content (AvgIpc) is 2.28. The van der Waals surface area contributed by atoms with Gasteiger partial charge in [0.25, 0.3) is 0 Å². The normalized spacial score (nSPS) is 13.5. The standard InChI is InChI=1S/C9H15F2N3/c1-6(3-8(10)11)4-14-5-7(2)9(12)13-14/h5-6,8H,3-4H2,1-2H3,(H2,12,13). The highest BCUT2D eigenvalue weighted by molar-refractivity contribution is 5.35. The molecule has 1 aromatic rings. The fraction of sp³-hybridized carbons (Fsp3) is 0.667. The van der Waals surface area contributed by atoms with Crippen LogP contribution in [0.25, 0.3) is 0 Å². The number of aromatic nitrogens is 2. The third-order valence-electron chi connectivity index (χ3n) is 2.06. The van der Waals surface area contributed by atoms with Gasteiger partial charge in [-0.3, -0.25) is 4.68 Å². The number of hydrogen-bond acceptors (Lipinski definition) is 2. The predicted molar refractivity (Wildman–Crippen MR) is 51.2 cm³/mol. The van der Waals surface area contributed by atoms with E-state index in [1.54, 1.807) is 17.8 Å². The number of aryl methyl sites for hydroxylation is 1.